The summed E-state index contributed by atoms with van der Waals surface area (Å²) in [5.41, 5.74) is -0.970. The first kappa shape index (κ1) is 20.8. The summed E-state index contributed by atoms with van der Waals surface area (Å²) >= 11 is 0. The van der Waals surface area contributed by atoms with Gasteiger partial charge in [-0.1, -0.05) is 6.92 Å². The Hall–Kier alpha value is -3.96. The monoisotopic (exact) mass is 416 g/mol. The van der Waals surface area contributed by atoms with Crippen LogP contribution in [0.1, 0.15) is 13.3 Å². The van der Waals surface area contributed by atoms with Crippen LogP contribution >= 0.6 is 0 Å². The van der Waals surface area contributed by atoms with Crippen molar-refractivity contribution in [2.24, 2.45) is 5.41 Å². The molecule has 0 aromatic carbocycles. The van der Waals surface area contributed by atoms with Crippen LogP contribution in [0.2, 0.25) is 0 Å². The molecule has 0 aliphatic carbocycles. The Labute approximate surface area is 171 Å². The van der Waals surface area contributed by atoms with Crippen molar-refractivity contribution in [3.05, 3.63) is 56.2 Å². The lowest BCUT2D eigenvalue weighted by Crippen LogP contribution is -2.40. The fourth-order valence-electron chi connectivity index (χ4n) is 2.40. The van der Waals surface area contributed by atoms with Crippen molar-refractivity contribution in [3.8, 4) is 0 Å². The van der Waals surface area contributed by atoms with Gasteiger partial charge < -0.3 is 14.2 Å². The zero-order valence-electron chi connectivity index (χ0n) is 16.2. The molecule has 0 spiro atoms. The summed E-state index contributed by atoms with van der Waals surface area (Å²) in [5.74, 6) is 0. The van der Waals surface area contributed by atoms with Gasteiger partial charge in [0.2, 0.25) is 0 Å². The number of ether oxygens (including phenoxy) is 3. The van der Waals surface area contributed by atoms with E-state index in [4.69, 9.17) is 14.2 Å². The van der Waals surface area contributed by atoms with Gasteiger partial charge in [-0.15, -0.1) is 0 Å². The SMILES string of the molecule is CCC(COC(=O)n1ccnc1)(COC(=O)n1ccnc1)COC(=O)n1ccnc1. The van der Waals surface area contributed by atoms with Crippen molar-refractivity contribution < 1.29 is 28.6 Å². The Morgan fingerprint density at radius 3 is 1.27 bits per heavy atom. The van der Waals surface area contributed by atoms with Gasteiger partial charge in [0.05, 0.1) is 5.41 Å². The molecule has 0 fully saturated rings. The highest BCUT2D eigenvalue weighted by atomic mass is 16.6. The minimum Gasteiger partial charge on any atom is -0.448 e. The van der Waals surface area contributed by atoms with E-state index in [-0.39, 0.29) is 19.8 Å². The molecule has 0 atom stereocenters. The molecule has 0 unspecified atom stereocenters. The summed E-state index contributed by atoms with van der Waals surface area (Å²) in [6, 6.07) is 0. The molecular weight excluding hydrogens is 396 g/mol. The number of imidazole rings is 3. The highest BCUT2D eigenvalue weighted by Crippen LogP contribution is 2.25. The topological polar surface area (TPSA) is 132 Å². The Morgan fingerprint density at radius 2 is 1.03 bits per heavy atom. The van der Waals surface area contributed by atoms with E-state index in [1.165, 1.54) is 56.2 Å². The first-order valence-corrected chi connectivity index (χ1v) is 8.98. The molecule has 0 radical (unpaired) electrons. The second-order valence-corrected chi connectivity index (χ2v) is 6.43. The quantitative estimate of drug-likeness (QED) is 0.530. The molecule has 0 N–H and O–H groups in total. The number of rotatable bonds is 7. The predicted molar refractivity (Wildman–Crippen MR) is 99.6 cm³/mol. The fourth-order valence-corrected chi connectivity index (χ4v) is 2.40. The van der Waals surface area contributed by atoms with Crippen LogP contribution in [0, 0.1) is 5.41 Å². The second-order valence-electron chi connectivity index (χ2n) is 6.43. The van der Waals surface area contributed by atoms with Crippen LogP contribution < -0.4 is 0 Å². The summed E-state index contributed by atoms with van der Waals surface area (Å²) in [6.45, 7) is 1.33. The van der Waals surface area contributed by atoms with E-state index >= 15 is 0 Å². The number of carbonyl (C=O) groups excluding carboxylic acids is 3. The summed E-state index contributed by atoms with van der Waals surface area (Å²) in [7, 11) is 0. The Morgan fingerprint density at radius 1 is 0.700 bits per heavy atom. The first-order valence-electron chi connectivity index (χ1n) is 8.98. The maximum Gasteiger partial charge on any atom is 0.419 e. The van der Waals surface area contributed by atoms with Gasteiger partial charge in [0.15, 0.2) is 0 Å². The molecule has 0 aliphatic rings. The lowest BCUT2D eigenvalue weighted by molar-refractivity contribution is -0.0169. The van der Waals surface area contributed by atoms with Crippen LogP contribution in [-0.2, 0) is 14.2 Å². The van der Waals surface area contributed by atoms with Crippen molar-refractivity contribution >= 4 is 18.3 Å². The molecule has 0 aliphatic heterocycles. The smallest absolute Gasteiger partial charge is 0.419 e. The van der Waals surface area contributed by atoms with E-state index in [0.29, 0.717) is 6.42 Å². The molecule has 0 saturated carbocycles. The Balaban J connectivity index is 1.68. The molecule has 0 saturated heterocycles. The molecule has 3 aromatic rings. The van der Waals surface area contributed by atoms with Crippen molar-refractivity contribution in [3.63, 3.8) is 0 Å². The van der Waals surface area contributed by atoms with Gasteiger partial charge in [-0.05, 0) is 6.42 Å². The minimum absolute atomic E-state index is 0.158. The highest BCUT2D eigenvalue weighted by molar-refractivity contribution is 5.71. The molecule has 0 bridgehead atoms. The number of nitrogens with zero attached hydrogens (tertiary/aromatic N) is 6. The lowest BCUT2D eigenvalue weighted by Gasteiger charge is -2.30. The van der Waals surface area contributed by atoms with E-state index in [1.54, 1.807) is 6.92 Å². The maximum absolute atomic E-state index is 12.2. The molecule has 30 heavy (non-hydrogen) atoms. The van der Waals surface area contributed by atoms with Crippen molar-refractivity contribution in [2.45, 2.75) is 13.3 Å². The molecule has 3 aromatic heterocycles. The second kappa shape index (κ2) is 9.49. The summed E-state index contributed by atoms with van der Waals surface area (Å²) < 4.78 is 19.5. The molecule has 3 rings (SSSR count). The number of hydrogen-bond donors (Lipinski definition) is 0. The molecule has 158 valence electrons. The van der Waals surface area contributed by atoms with Crippen molar-refractivity contribution in [1.82, 2.24) is 28.7 Å². The average molecular weight is 416 g/mol. The summed E-state index contributed by atoms with van der Waals surface area (Å²) in [6.07, 6.45) is 10.9. The minimum atomic E-state index is -0.970. The van der Waals surface area contributed by atoms with Gasteiger partial charge in [0.25, 0.3) is 0 Å². The number of aromatic nitrogens is 6. The van der Waals surface area contributed by atoms with Crippen molar-refractivity contribution in [1.29, 1.82) is 0 Å². The standard InChI is InChI=1S/C18H20N6O6/c1-2-18(9-28-15(25)22-6-3-19-12-22,10-29-16(26)23-7-4-20-13-23)11-30-17(27)24-8-5-21-14-24/h3-8,12-14H,2,9-11H2,1H3. The largest absolute Gasteiger partial charge is 0.448 e. The van der Waals surface area contributed by atoms with Crippen LogP contribution in [0.4, 0.5) is 14.4 Å². The lowest BCUT2D eigenvalue weighted by atomic mass is 9.88. The highest BCUT2D eigenvalue weighted by Gasteiger charge is 2.35. The third kappa shape index (κ3) is 5.10. The van der Waals surface area contributed by atoms with Crippen LogP contribution in [0.3, 0.4) is 0 Å². The Bertz CT molecular complexity index is 829. The van der Waals surface area contributed by atoms with E-state index in [1.807, 2.05) is 0 Å². The van der Waals surface area contributed by atoms with Gasteiger partial charge in [-0.2, -0.15) is 0 Å². The number of carbonyl (C=O) groups is 3. The van der Waals surface area contributed by atoms with Gasteiger partial charge in [-0.25, -0.2) is 43.0 Å². The van der Waals surface area contributed by atoms with E-state index in [9.17, 15) is 14.4 Å². The third-order valence-corrected chi connectivity index (χ3v) is 4.40. The number of hydrogen-bond acceptors (Lipinski definition) is 9. The summed E-state index contributed by atoms with van der Waals surface area (Å²) in [5, 5.41) is 0. The summed E-state index contributed by atoms with van der Waals surface area (Å²) in [4.78, 5) is 47.9. The van der Waals surface area contributed by atoms with Crippen LogP contribution in [-0.4, -0.2) is 66.8 Å². The maximum atomic E-state index is 12.2. The van der Waals surface area contributed by atoms with Crippen molar-refractivity contribution in [2.75, 3.05) is 19.8 Å². The Kier molecular flexibility index (Phi) is 6.57. The van der Waals surface area contributed by atoms with Gasteiger partial charge in [-0.3, -0.25) is 0 Å². The molecule has 0 amide bonds. The van der Waals surface area contributed by atoms with Crippen LogP contribution in [0.15, 0.2) is 56.2 Å². The normalized spacial score (nSPS) is 11.1. The zero-order chi connectivity index (χ0) is 21.4. The zero-order valence-corrected chi connectivity index (χ0v) is 16.2. The van der Waals surface area contributed by atoms with E-state index < -0.39 is 23.7 Å². The predicted octanol–water partition coefficient (Wildman–Crippen LogP) is 2.03. The van der Waals surface area contributed by atoms with E-state index in [2.05, 4.69) is 15.0 Å². The average Bonchev–Trinajstić information content (AvgIpc) is 3.54. The first-order chi connectivity index (χ1) is 14.5. The molecular formula is C18H20N6O6. The van der Waals surface area contributed by atoms with E-state index in [0.717, 1.165) is 13.7 Å². The van der Waals surface area contributed by atoms with Gasteiger partial charge in [0.1, 0.15) is 38.8 Å². The molecule has 12 nitrogen and oxygen atoms in total. The van der Waals surface area contributed by atoms with Gasteiger partial charge >= 0.3 is 18.3 Å². The molecule has 12 heteroatoms. The fraction of sp³-hybridized carbons (Fsp3) is 0.333. The van der Waals surface area contributed by atoms with Crippen LogP contribution in [0.25, 0.3) is 0 Å². The third-order valence-electron chi connectivity index (χ3n) is 4.40. The molecule has 3 heterocycles. The van der Waals surface area contributed by atoms with Crippen LogP contribution in [0.5, 0.6) is 0 Å². The van der Waals surface area contributed by atoms with Gasteiger partial charge in [0, 0.05) is 37.2 Å².